The first-order valence-electron chi connectivity index (χ1n) is 12.4. The molecule has 196 valence electrons. The Morgan fingerprint density at radius 1 is 1.13 bits per heavy atom. The molecule has 5 rings (SSSR count). The van der Waals surface area contributed by atoms with Gasteiger partial charge in [0.15, 0.2) is 0 Å². The Morgan fingerprint density at radius 2 is 1.92 bits per heavy atom. The zero-order chi connectivity index (χ0) is 26.8. The molecule has 2 amide bonds. The van der Waals surface area contributed by atoms with Crippen molar-refractivity contribution >= 4 is 23.2 Å². The van der Waals surface area contributed by atoms with Gasteiger partial charge in [-0.05, 0) is 49.7 Å². The van der Waals surface area contributed by atoms with Crippen LogP contribution in [0.15, 0.2) is 60.1 Å². The van der Waals surface area contributed by atoms with E-state index in [0.717, 1.165) is 22.7 Å². The van der Waals surface area contributed by atoms with Crippen LogP contribution in [0.2, 0.25) is 0 Å². The average molecular weight is 534 g/mol. The summed E-state index contributed by atoms with van der Waals surface area (Å²) in [6, 6.07) is 13.1. The van der Waals surface area contributed by atoms with Gasteiger partial charge in [0.2, 0.25) is 5.13 Å². The van der Waals surface area contributed by atoms with E-state index in [1.807, 2.05) is 43.5 Å². The molecule has 38 heavy (non-hydrogen) atoms. The van der Waals surface area contributed by atoms with Crippen molar-refractivity contribution in [1.82, 2.24) is 24.6 Å². The summed E-state index contributed by atoms with van der Waals surface area (Å²) in [6.45, 7) is 5.11. The van der Waals surface area contributed by atoms with Crippen molar-refractivity contribution in [2.45, 2.75) is 26.3 Å². The second-order valence-corrected chi connectivity index (χ2v) is 9.96. The SMILES string of the molecule is CCc1c(C(=O)N2CCN(C(=O)c3ccc(F)cc3)C(C)C2)cnn1-c1nc(-c2cccc(OC)c2)cs1. The topological polar surface area (TPSA) is 80.6 Å². The summed E-state index contributed by atoms with van der Waals surface area (Å²) in [7, 11) is 1.63. The normalized spacial score (nSPS) is 15.5. The van der Waals surface area contributed by atoms with E-state index in [0.29, 0.717) is 42.3 Å². The van der Waals surface area contributed by atoms with E-state index in [1.54, 1.807) is 27.8 Å². The molecule has 0 radical (unpaired) electrons. The molecule has 2 aromatic heterocycles. The van der Waals surface area contributed by atoms with E-state index in [2.05, 4.69) is 5.10 Å². The van der Waals surface area contributed by atoms with Gasteiger partial charge in [-0.3, -0.25) is 9.59 Å². The van der Waals surface area contributed by atoms with E-state index < -0.39 is 0 Å². The summed E-state index contributed by atoms with van der Waals surface area (Å²) < 4.78 is 20.3. The molecule has 1 aliphatic rings. The Kier molecular flexibility index (Phi) is 7.24. The van der Waals surface area contributed by atoms with Crippen LogP contribution in [0.5, 0.6) is 5.75 Å². The molecule has 4 aromatic rings. The van der Waals surface area contributed by atoms with Crippen molar-refractivity contribution in [3.8, 4) is 22.1 Å². The number of amides is 2. The lowest BCUT2D eigenvalue weighted by Crippen LogP contribution is -2.55. The highest BCUT2D eigenvalue weighted by Crippen LogP contribution is 2.28. The molecule has 8 nitrogen and oxygen atoms in total. The molecule has 0 bridgehead atoms. The maximum absolute atomic E-state index is 13.5. The summed E-state index contributed by atoms with van der Waals surface area (Å²) >= 11 is 1.46. The molecule has 3 heterocycles. The van der Waals surface area contributed by atoms with Gasteiger partial charge >= 0.3 is 0 Å². The van der Waals surface area contributed by atoms with Crippen molar-refractivity contribution in [3.05, 3.63) is 82.7 Å². The Balaban J connectivity index is 1.32. The molecule has 0 aliphatic carbocycles. The maximum Gasteiger partial charge on any atom is 0.257 e. The first-order valence-corrected chi connectivity index (χ1v) is 13.3. The summed E-state index contributed by atoms with van der Waals surface area (Å²) in [5, 5.41) is 7.17. The Morgan fingerprint density at radius 3 is 2.63 bits per heavy atom. The third kappa shape index (κ3) is 4.91. The molecule has 10 heteroatoms. The first-order chi connectivity index (χ1) is 18.4. The highest BCUT2D eigenvalue weighted by atomic mass is 32.1. The summed E-state index contributed by atoms with van der Waals surface area (Å²) in [5.74, 6) is 0.0965. The smallest absolute Gasteiger partial charge is 0.257 e. The number of aromatic nitrogens is 3. The molecule has 0 N–H and O–H groups in total. The van der Waals surface area contributed by atoms with E-state index in [4.69, 9.17) is 9.72 Å². The summed E-state index contributed by atoms with van der Waals surface area (Å²) in [5.41, 5.74) is 3.51. The highest BCUT2D eigenvalue weighted by molar-refractivity contribution is 7.12. The predicted octanol–water partition coefficient (Wildman–Crippen LogP) is 4.69. The third-order valence-corrected chi connectivity index (χ3v) is 7.56. The zero-order valence-corrected chi connectivity index (χ0v) is 22.2. The van der Waals surface area contributed by atoms with Gasteiger partial charge in [0.05, 0.1) is 30.3 Å². The van der Waals surface area contributed by atoms with E-state index >= 15 is 0 Å². The fourth-order valence-corrected chi connectivity index (χ4v) is 5.52. The van der Waals surface area contributed by atoms with Gasteiger partial charge in [-0.2, -0.15) is 5.10 Å². The lowest BCUT2D eigenvalue weighted by molar-refractivity contribution is 0.0414. The minimum Gasteiger partial charge on any atom is -0.497 e. The van der Waals surface area contributed by atoms with Gasteiger partial charge in [-0.25, -0.2) is 14.1 Å². The minimum atomic E-state index is -0.383. The second kappa shape index (κ2) is 10.7. The third-order valence-electron chi connectivity index (χ3n) is 6.74. The lowest BCUT2D eigenvalue weighted by atomic mass is 10.1. The second-order valence-electron chi connectivity index (χ2n) is 9.12. The number of hydrogen-bond acceptors (Lipinski definition) is 6. The van der Waals surface area contributed by atoms with Crippen LogP contribution in [0.3, 0.4) is 0 Å². The van der Waals surface area contributed by atoms with E-state index in [9.17, 15) is 14.0 Å². The molecule has 1 fully saturated rings. The van der Waals surface area contributed by atoms with Gasteiger partial charge in [0.25, 0.3) is 11.8 Å². The lowest BCUT2D eigenvalue weighted by Gasteiger charge is -2.40. The molecule has 1 unspecified atom stereocenters. The van der Waals surface area contributed by atoms with Crippen molar-refractivity contribution in [2.24, 2.45) is 0 Å². The maximum atomic E-state index is 13.5. The van der Waals surface area contributed by atoms with Gasteiger partial charge < -0.3 is 14.5 Å². The molecule has 2 aromatic carbocycles. The van der Waals surface area contributed by atoms with Crippen LogP contribution < -0.4 is 4.74 Å². The van der Waals surface area contributed by atoms with Crippen LogP contribution in [0.4, 0.5) is 4.39 Å². The quantitative estimate of drug-likeness (QED) is 0.359. The van der Waals surface area contributed by atoms with Crippen molar-refractivity contribution in [1.29, 1.82) is 0 Å². The molecular formula is C28H28FN5O3S. The van der Waals surface area contributed by atoms with Crippen LogP contribution >= 0.6 is 11.3 Å². The van der Waals surface area contributed by atoms with Crippen LogP contribution in [-0.2, 0) is 6.42 Å². The Labute approximate surface area is 224 Å². The monoisotopic (exact) mass is 533 g/mol. The molecule has 0 saturated carbocycles. The molecule has 1 saturated heterocycles. The number of carbonyl (C=O) groups is 2. The van der Waals surface area contributed by atoms with E-state index in [1.165, 1.54) is 35.6 Å². The number of methoxy groups -OCH3 is 1. The predicted molar refractivity (Wildman–Crippen MR) is 143 cm³/mol. The van der Waals surface area contributed by atoms with Crippen LogP contribution in [0.25, 0.3) is 16.4 Å². The van der Waals surface area contributed by atoms with Crippen molar-refractivity contribution in [3.63, 3.8) is 0 Å². The fraction of sp³-hybridized carbons (Fsp3) is 0.286. The first kappa shape index (κ1) is 25.6. The standard InChI is InChI=1S/C28H28FN5O3S/c1-4-25-23(15-30-34(25)28-31-24(17-38-28)20-6-5-7-22(14-20)37-3)27(36)32-12-13-33(18(2)16-32)26(35)19-8-10-21(29)11-9-19/h5-11,14-15,17-18H,4,12-13,16H2,1-3H3. The summed E-state index contributed by atoms with van der Waals surface area (Å²) in [6.07, 6.45) is 2.21. The number of thiazole rings is 1. The minimum absolute atomic E-state index is 0.113. The van der Waals surface area contributed by atoms with Crippen LogP contribution in [0.1, 0.15) is 40.3 Å². The number of benzene rings is 2. The van der Waals surface area contributed by atoms with Gasteiger partial charge in [0, 0.05) is 42.2 Å². The number of nitrogens with zero attached hydrogens (tertiary/aromatic N) is 5. The van der Waals surface area contributed by atoms with E-state index in [-0.39, 0.29) is 23.7 Å². The molecule has 0 spiro atoms. The Hall–Kier alpha value is -4.05. The molecule has 1 atom stereocenters. The van der Waals surface area contributed by atoms with Gasteiger partial charge in [0.1, 0.15) is 11.6 Å². The van der Waals surface area contributed by atoms with Crippen molar-refractivity contribution in [2.75, 3.05) is 26.7 Å². The Bertz CT molecular complexity index is 1470. The number of halogens is 1. The number of hydrogen-bond donors (Lipinski definition) is 0. The van der Waals surface area contributed by atoms with Gasteiger partial charge in [-0.15, -0.1) is 11.3 Å². The van der Waals surface area contributed by atoms with Crippen LogP contribution in [-0.4, -0.2) is 69.2 Å². The number of piperazine rings is 1. The summed E-state index contributed by atoms with van der Waals surface area (Å²) in [4.78, 5) is 34.8. The average Bonchev–Trinajstić information content (AvgIpc) is 3.60. The molecular weight excluding hydrogens is 505 g/mol. The van der Waals surface area contributed by atoms with Crippen molar-refractivity contribution < 1.29 is 18.7 Å². The number of rotatable bonds is 6. The van der Waals surface area contributed by atoms with Gasteiger partial charge in [-0.1, -0.05) is 19.1 Å². The zero-order valence-electron chi connectivity index (χ0n) is 21.4. The fourth-order valence-electron chi connectivity index (χ4n) is 4.71. The van der Waals surface area contributed by atoms with Crippen LogP contribution in [0, 0.1) is 5.82 Å². The molecule has 1 aliphatic heterocycles. The largest absolute Gasteiger partial charge is 0.497 e. The number of ether oxygens (including phenoxy) is 1. The highest BCUT2D eigenvalue weighted by Gasteiger charge is 2.32. The number of carbonyl (C=O) groups excluding carboxylic acids is 2.